The smallest absolute Gasteiger partial charge is 0.163 e. The Kier molecular flexibility index (Phi) is 5.59. The molecular weight excluding hydrogens is 422 g/mol. The summed E-state index contributed by atoms with van der Waals surface area (Å²) in [5.74, 6) is -0.329. The topological polar surface area (TPSA) is 59.9 Å². The van der Waals surface area contributed by atoms with E-state index in [-0.39, 0.29) is 0 Å². The van der Waals surface area contributed by atoms with Crippen LogP contribution < -0.4 is 10.1 Å². The Labute approximate surface area is 188 Å². The number of fused-ring (bicyclic) bond motifs is 1. The predicted molar refractivity (Wildman–Crippen MR) is 123 cm³/mol. The molecule has 0 aliphatic carbocycles. The van der Waals surface area contributed by atoms with E-state index in [0.29, 0.717) is 40.6 Å². The fourth-order valence-electron chi connectivity index (χ4n) is 3.37. The number of ether oxygens (including phenoxy) is 1. The van der Waals surface area contributed by atoms with E-state index < -0.39 is 11.6 Å². The minimum Gasteiger partial charge on any atom is -0.489 e. The monoisotopic (exact) mass is 440 g/mol. The number of hydrogen-bond acceptors (Lipinski definition) is 5. The zero-order valence-corrected chi connectivity index (χ0v) is 17.4. The number of halogens is 2. The first-order valence-corrected chi connectivity index (χ1v) is 10.3. The van der Waals surface area contributed by atoms with Gasteiger partial charge < -0.3 is 10.1 Å². The number of pyridine rings is 1. The van der Waals surface area contributed by atoms with Crippen LogP contribution in [0.3, 0.4) is 0 Å². The van der Waals surface area contributed by atoms with Gasteiger partial charge in [0.05, 0.1) is 5.52 Å². The SMILES string of the molecule is Fc1ccc(Nc2nc(-c3cccnc3)nc3ccc(OCc4ccccc4)cc23)cc1F. The van der Waals surface area contributed by atoms with Crippen molar-refractivity contribution in [1.82, 2.24) is 15.0 Å². The second-order valence-electron chi connectivity index (χ2n) is 7.34. The molecular formula is C26H18F2N4O. The summed E-state index contributed by atoms with van der Waals surface area (Å²) in [5, 5.41) is 3.77. The highest BCUT2D eigenvalue weighted by Gasteiger charge is 2.13. The molecule has 1 N–H and O–H groups in total. The standard InChI is InChI=1S/C26H18F2N4O/c27-22-10-8-19(13-23(22)28)30-26-21-14-20(33-16-17-5-2-1-3-6-17)9-11-24(21)31-25(32-26)18-7-4-12-29-15-18/h1-15H,16H2,(H,30,31,32). The summed E-state index contributed by atoms with van der Waals surface area (Å²) in [4.78, 5) is 13.4. The molecule has 3 aromatic carbocycles. The Morgan fingerprint density at radius 2 is 1.70 bits per heavy atom. The zero-order chi connectivity index (χ0) is 22.6. The van der Waals surface area contributed by atoms with Crippen LogP contribution >= 0.6 is 0 Å². The van der Waals surface area contributed by atoms with Crippen LogP contribution in [-0.4, -0.2) is 15.0 Å². The molecule has 5 rings (SSSR count). The van der Waals surface area contributed by atoms with E-state index in [2.05, 4.69) is 20.3 Å². The molecule has 7 heteroatoms. The molecule has 0 atom stereocenters. The highest BCUT2D eigenvalue weighted by molar-refractivity contribution is 5.93. The summed E-state index contributed by atoms with van der Waals surface area (Å²) < 4.78 is 33.1. The van der Waals surface area contributed by atoms with Gasteiger partial charge in [0.2, 0.25) is 0 Å². The van der Waals surface area contributed by atoms with Crippen molar-refractivity contribution in [1.29, 1.82) is 0 Å². The Balaban J connectivity index is 1.55. The van der Waals surface area contributed by atoms with Crippen molar-refractivity contribution < 1.29 is 13.5 Å². The van der Waals surface area contributed by atoms with Crippen LogP contribution in [0.25, 0.3) is 22.3 Å². The van der Waals surface area contributed by atoms with E-state index in [9.17, 15) is 8.78 Å². The van der Waals surface area contributed by atoms with Crippen molar-refractivity contribution in [2.75, 3.05) is 5.32 Å². The molecule has 0 bridgehead atoms. The van der Waals surface area contributed by atoms with Gasteiger partial charge in [0.15, 0.2) is 17.5 Å². The normalized spacial score (nSPS) is 10.8. The summed E-state index contributed by atoms with van der Waals surface area (Å²) in [6, 6.07) is 22.6. The van der Waals surface area contributed by atoms with Crippen molar-refractivity contribution >= 4 is 22.4 Å². The average Bonchev–Trinajstić information content (AvgIpc) is 2.86. The molecule has 0 amide bonds. The van der Waals surface area contributed by atoms with E-state index in [1.54, 1.807) is 18.5 Å². The number of rotatable bonds is 6. The van der Waals surface area contributed by atoms with Crippen LogP contribution in [0.15, 0.2) is 91.3 Å². The van der Waals surface area contributed by atoms with E-state index >= 15 is 0 Å². The Morgan fingerprint density at radius 1 is 0.818 bits per heavy atom. The van der Waals surface area contributed by atoms with Crippen LogP contribution in [0.5, 0.6) is 5.75 Å². The van der Waals surface area contributed by atoms with Crippen LogP contribution in [-0.2, 0) is 6.61 Å². The molecule has 0 saturated heterocycles. The number of nitrogens with zero attached hydrogens (tertiary/aromatic N) is 3. The van der Waals surface area contributed by atoms with Crippen LogP contribution in [0.2, 0.25) is 0 Å². The van der Waals surface area contributed by atoms with Gasteiger partial charge in [-0.25, -0.2) is 18.7 Å². The lowest BCUT2D eigenvalue weighted by Crippen LogP contribution is -2.01. The van der Waals surface area contributed by atoms with Gasteiger partial charge in [-0.15, -0.1) is 0 Å². The average molecular weight is 440 g/mol. The van der Waals surface area contributed by atoms with Gasteiger partial charge in [-0.1, -0.05) is 30.3 Å². The fraction of sp³-hybridized carbons (Fsp3) is 0.0385. The number of benzene rings is 3. The number of anilines is 2. The third kappa shape index (κ3) is 4.62. The number of aromatic nitrogens is 3. The summed E-state index contributed by atoms with van der Waals surface area (Å²) in [6.07, 6.45) is 3.33. The molecule has 0 aliphatic heterocycles. The third-order valence-corrected chi connectivity index (χ3v) is 5.02. The lowest BCUT2D eigenvalue weighted by atomic mass is 10.2. The first-order valence-electron chi connectivity index (χ1n) is 10.3. The highest BCUT2D eigenvalue weighted by Crippen LogP contribution is 2.30. The van der Waals surface area contributed by atoms with Gasteiger partial charge in [-0.05, 0) is 48.0 Å². The second kappa shape index (κ2) is 9.00. The van der Waals surface area contributed by atoms with Gasteiger partial charge in [0.1, 0.15) is 18.2 Å². The van der Waals surface area contributed by atoms with E-state index in [4.69, 9.17) is 4.74 Å². The second-order valence-corrected chi connectivity index (χ2v) is 7.34. The highest BCUT2D eigenvalue weighted by atomic mass is 19.2. The van der Waals surface area contributed by atoms with Gasteiger partial charge in [0.25, 0.3) is 0 Å². The van der Waals surface area contributed by atoms with E-state index in [1.807, 2.05) is 54.6 Å². The summed E-state index contributed by atoms with van der Waals surface area (Å²) >= 11 is 0. The van der Waals surface area contributed by atoms with Gasteiger partial charge >= 0.3 is 0 Å². The molecule has 0 unspecified atom stereocenters. The quantitative estimate of drug-likeness (QED) is 0.336. The molecule has 5 nitrogen and oxygen atoms in total. The van der Waals surface area contributed by atoms with Gasteiger partial charge in [-0.3, -0.25) is 4.98 Å². The maximum atomic E-state index is 13.8. The van der Waals surface area contributed by atoms with Gasteiger partial charge in [-0.2, -0.15) is 0 Å². The van der Waals surface area contributed by atoms with Crippen LogP contribution in [0, 0.1) is 11.6 Å². The molecule has 0 saturated carbocycles. The first kappa shape index (κ1) is 20.5. The van der Waals surface area contributed by atoms with Crippen LogP contribution in [0.4, 0.5) is 20.3 Å². The van der Waals surface area contributed by atoms with Crippen molar-refractivity contribution in [3.05, 3.63) is 108 Å². The maximum Gasteiger partial charge on any atom is 0.163 e. The van der Waals surface area contributed by atoms with Crippen molar-refractivity contribution in [2.45, 2.75) is 6.61 Å². The molecule has 33 heavy (non-hydrogen) atoms. The van der Waals surface area contributed by atoms with E-state index in [1.165, 1.54) is 6.07 Å². The predicted octanol–water partition coefficient (Wildman–Crippen LogP) is 6.29. The molecule has 162 valence electrons. The van der Waals surface area contributed by atoms with Gasteiger partial charge in [0, 0.05) is 35.1 Å². The maximum absolute atomic E-state index is 13.8. The molecule has 2 heterocycles. The number of hydrogen-bond donors (Lipinski definition) is 1. The summed E-state index contributed by atoms with van der Waals surface area (Å²) in [6.45, 7) is 0.410. The van der Waals surface area contributed by atoms with Crippen molar-refractivity contribution in [3.8, 4) is 17.1 Å². The largest absolute Gasteiger partial charge is 0.489 e. The molecule has 0 radical (unpaired) electrons. The van der Waals surface area contributed by atoms with Crippen LogP contribution in [0.1, 0.15) is 5.56 Å². The van der Waals surface area contributed by atoms with Crippen molar-refractivity contribution in [2.24, 2.45) is 0 Å². The lowest BCUT2D eigenvalue weighted by molar-refractivity contribution is 0.306. The molecule has 0 aliphatic rings. The Morgan fingerprint density at radius 3 is 2.48 bits per heavy atom. The summed E-state index contributed by atoms with van der Waals surface area (Å²) in [5.41, 5.74) is 2.81. The Hall–Kier alpha value is -4.39. The summed E-state index contributed by atoms with van der Waals surface area (Å²) in [7, 11) is 0. The fourth-order valence-corrected chi connectivity index (χ4v) is 3.37. The minimum atomic E-state index is -0.947. The minimum absolute atomic E-state index is 0.363. The molecule has 0 fully saturated rings. The molecule has 2 aromatic heterocycles. The molecule has 0 spiro atoms. The van der Waals surface area contributed by atoms with Crippen molar-refractivity contribution in [3.63, 3.8) is 0 Å². The third-order valence-electron chi connectivity index (χ3n) is 5.02. The molecule has 5 aromatic rings. The Bertz CT molecular complexity index is 1410. The number of nitrogens with one attached hydrogen (secondary N) is 1. The van der Waals surface area contributed by atoms with E-state index in [0.717, 1.165) is 23.3 Å². The zero-order valence-electron chi connectivity index (χ0n) is 17.4. The first-order chi connectivity index (χ1) is 16.2. The lowest BCUT2D eigenvalue weighted by Gasteiger charge is -2.13.